The molecular weight excluding hydrogens is 354 g/mol. The lowest BCUT2D eigenvalue weighted by Crippen LogP contribution is -2.25. The van der Waals surface area contributed by atoms with Gasteiger partial charge in [-0.15, -0.1) is 0 Å². The molecule has 4 rings (SSSR count). The summed E-state index contributed by atoms with van der Waals surface area (Å²) in [6, 6.07) is 17.5. The smallest absolute Gasteiger partial charge is 0.147 e. The van der Waals surface area contributed by atoms with Crippen LogP contribution in [0.3, 0.4) is 0 Å². The first-order chi connectivity index (χ1) is 13.4. The molecule has 2 aromatic carbocycles. The number of hydrogen-bond acceptors (Lipinski definition) is 5. The average Bonchev–Trinajstić information content (AvgIpc) is 3.37. The molecule has 0 saturated heterocycles. The van der Waals surface area contributed by atoms with Crippen molar-refractivity contribution in [3.63, 3.8) is 0 Å². The summed E-state index contributed by atoms with van der Waals surface area (Å²) in [4.78, 5) is 0. The summed E-state index contributed by atoms with van der Waals surface area (Å²) in [7, 11) is 0. The van der Waals surface area contributed by atoms with Gasteiger partial charge in [-0.1, -0.05) is 37.1 Å². The molecule has 5 heteroatoms. The van der Waals surface area contributed by atoms with E-state index in [2.05, 4.69) is 57.5 Å². The van der Waals surface area contributed by atoms with Crippen molar-refractivity contribution in [1.29, 1.82) is 0 Å². The van der Waals surface area contributed by atoms with Crippen LogP contribution in [-0.4, -0.2) is 23.6 Å². The molecule has 0 atom stereocenters. The lowest BCUT2D eigenvalue weighted by Gasteiger charge is -2.13. The zero-order valence-corrected chi connectivity index (χ0v) is 16.4. The molecule has 0 radical (unpaired) electrons. The second-order valence-electron chi connectivity index (χ2n) is 7.17. The lowest BCUT2D eigenvalue weighted by molar-refractivity contribution is 0.314. The minimum atomic E-state index is 0.697. The number of nitrogens with one attached hydrogen (secondary N) is 2. The van der Waals surface area contributed by atoms with Crippen molar-refractivity contribution in [2.75, 3.05) is 18.5 Å². The van der Waals surface area contributed by atoms with Crippen LogP contribution < -0.4 is 15.4 Å². The molecule has 27 heavy (non-hydrogen) atoms. The van der Waals surface area contributed by atoms with Crippen molar-refractivity contribution in [2.45, 2.75) is 44.7 Å². The molecule has 3 aromatic rings. The van der Waals surface area contributed by atoms with Crippen LogP contribution in [0.4, 0.5) is 5.82 Å². The zero-order chi connectivity index (χ0) is 18.3. The van der Waals surface area contributed by atoms with Crippen molar-refractivity contribution in [3.05, 3.63) is 54.1 Å². The molecule has 142 valence electrons. The largest absolute Gasteiger partial charge is 0.494 e. The molecule has 0 unspecified atom stereocenters. The maximum Gasteiger partial charge on any atom is 0.147 e. The standard InChI is InChI=1S/C22H27N3OS/c1-2-9-18(8-1)24-16-17-7-5-10-19(15-17)26-14-6-13-23-22-20-11-3-4-12-21(20)27-25-22/h3-5,7,10-12,15,18,24H,1-2,6,8-9,13-14,16H2,(H,23,25). The first-order valence-corrected chi connectivity index (χ1v) is 10.7. The van der Waals surface area contributed by atoms with Crippen LogP contribution in [0.5, 0.6) is 5.75 Å². The summed E-state index contributed by atoms with van der Waals surface area (Å²) >= 11 is 1.54. The monoisotopic (exact) mass is 381 g/mol. The van der Waals surface area contributed by atoms with Gasteiger partial charge < -0.3 is 15.4 Å². The highest BCUT2D eigenvalue weighted by Crippen LogP contribution is 2.26. The second-order valence-corrected chi connectivity index (χ2v) is 7.97. The second kappa shape index (κ2) is 9.20. The Morgan fingerprint density at radius 2 is 1.96 bits per heavy atom. The van der Waals surface area contributed by atoms with Crippen molar-refractivity contribution in [1.82, 2.24) is 9.69 Å². The van der Waals surface area contributed by atoms with Crippen LogP contribution in [0.1, 0.15) is 37.7 Å². The van der Waals surface area contributed by atoms with Crippen LogP contribution >= 0.6 is 11.5 Å². The van der Waals surface area contributed by atoms with Crippen LogP contribution in [-0.2, 0) is 6.54 Å². The van der Waals surface area contributed by atoms with Crippen LogP contribution in [0.25, 0.3) is 10.1 Å². The molecule has 1 saturated carbocycles. The highest BCUT2D eigenvalue weighted by atomic mass is 32.1. The van der Waals surface area contributed by atoms with E-state index in [0.29, 0.717) is 12.6 Å². The van der Waals surface area contributed by atoms with Gasteiger partial charge in [0.15, 0.2) is 0 Å². The Labute approximate surface area is 165 Å². The van der Waals surface area contributed by atoms with Gasteiger partial charge >= 0.3 is 0 Å². The van der Waals surface area contributed by atoms with Gasteiger partial charge in [-0.25, -0.2) is 0 Å². The molecule has 1 heterocycles. The lowest BCUT2D eigenvalue weighted by atomic mass is 10.2. The van der Waals surface area contributed by atoms with Crippen molar-refractivity contribution in [2.24, 2.45) is 0 Å². The molecule has 0 amide bonds. The van der Waals surface area contributed by atoms with Gasteiger partial charge in [0.05, 0.1) is 11.3 Å². The molecule has 0 spiro atoms. The van der Waals surface area contributed by atoms with E-state index in [-0.39, 0.29) is 0 Å². The number of fused-ring (bicyclic) bond motifs is 1. The zero-order valence-electron chi connectivity index (χ0n) is 15.6. The number of benzene rings is 2. The summed E-state index contributed by atoms with van der Waals surface area (Å²) in [6.07, 6.45) is 6.31. The Morgan fingerprint density at radius 1 is 1.07 bits per heavy atom. The van der Waals surface area contributed by atoms with Crippen LogP contribution in [0.15, 0.2) is 48.5 Å². The van der Waals surface area contributed by atoms with Gasteiger partial charge in [0.2, 0.25) is 0 Å². The van der Waals surface area contributed by atoms with Crippen molar-refractivity contribution < 1.29 is 4.74 Å². The highest BCUT2D eigenvalue weighted by molar-refractivity contribution is 7.13. The van der Waals surface area contributed by atoms with E-state index in [1.807, 2.05) is 6.07 Å². The fraction of sp³-hybridized carbons (Fsp3) is 0.409. The molecule has 1 aliphatic carbocycles. The number of rotatable bonds is 9. The fourth-order valence-corrected chi connectivity index (χ4v) is 4.37. The van der Waals surface area contributed by atoms with E-state index in [0.717, 1.165) is 31.1 Å². The normalized spacial score (nSPS) is 14.7. The number of anilines is 1. The quantitative estimate of drug-likeness (QED) is 0.500. The molecular formula is C22H27N3OS. The van der Waals surface area contributed by atoms with E-state index in [4.69, 9.17) is 4.74 Å². The van der Waals surface area contributed by atoms with Crippen LogP contribution in [0.2, 0.25) is 0 Å². The summed E-state index contributed by atoms with van der Waals surface area (Å²) in [6.45, 7) is 2.49. The Hall–Kier alpha value is -2.11. The number of nitrogens with zero attached hydrogens (tertiary/aromatic N) is 1. The molecule has 2 N–H and O–H groups in total. The minimum Gasteiger partial charge on any atom is -0.494 e. The van der Waals surface area contributed by atoms with Gasteiger partial charge in [0.1, 0.15) is 11.6 Å². The van der Waals surface area contributed by atoms with E-state index in [1.54, 1.807) is 11.5 Å². The van der Waals surface area contributed by atoms with E-state index in [9.17, 15) is 0 Å². The van der Waals surface area contributed by atoms with Gasteiger partial charge in [-0.05, 0) is 60.6 Å². The highest BCUT2D eigenvalue weighted by Gasteiger charge is 2.13. The van der Waals surface area contributed by atoms with Gasteiger partial charge in [-0.3, -0.25) is 0 Å². The maximum absolute atomic E-state index is 5.94. The summed E-state index contributed by atoms with van der Waals surface area (Å²) in [5.41, 5.74) is 1.30. The third kappa shape index (κ3) is 4.99. The molecule has 1 aliphatic rings. The van der Waals surface area contributed by atoms with Gasteiger partial charge in [-0.2, -0.15) is 4.37 Å². The number of hydrogen-bond donors (Lipinski definition) is 2. The molecule has 1 fully saturated rings. The van der Waals surface area contributed by atoms with E-state index < -0.39 is 0 Å². The predicted octanol–water partition coefficient (Wildman–Crippen LogP) is 5.21. The summed E-state index contributed by atoms with van der Waals surface area (Å²) < 4.78 is 11.7. The number of aromatic nitrogens is 1. The Bertz CT molecular complexity index is 857. The number of ether oxygens (including phenoxy) is 1. The average molecular weight is 382 g/mol. The Kier molecular flexibility index (Phi) is 6.22. The SMILES string of the molecule is c1cc(CNC2CCCC2)cc(OCCCNc2nsc3ccccc23)c1. The van der Waals surface area contributed by atoms with Crippen molar-refractivity contribution >= 4 is 27.4 Å². The third-order valence-electron chi connectivity index (χ3n) is 5.11. The molecule has 1 aromatic heterocycles. The summed E-state index contributed by atoms with van der Waals surface area (Å²) in [5.74, 6) is 1.94. The van der Waals surface area contributed by atoms with Gasteiger partial charge in [0, 0.05) is 24.5 Å². The Morgan fingerprint density at radius 3 is 2.89 bits per heavy atom. The first kappa shape index (κ1) is 18.3. The molecule has 4 nitrogen and oxygen atoms in total. The predicted molar refractivity (Wildman–Crippen MR) is 114 cm³/mol. The molecule has 0 bridgehead atoms. The van der Waals surface area contributed by atoms with E-state index >= 15 is 0 Å². The summed E-state index contributed by atoms with van der Waals surface area (Å²) in [5, 5.41) is 8.29. The first-order valence-electron chi connectivity index (χ1n) is 9.92. The van der Waals surface area contributed by atoms with E-state index in [1.165, 1.54) is 41.3 Å². The maximum atomic E-state index is 5.94. The van der Waals surface area contributed by atoms with Crippen LogP contribution in [0, 0.1) is 0 Å². The topological polar surface area (TPSA) is 46.2 Å². The van der Waals surface area contributed by atoms with Gasteiger partial charge in [0.25, 0.3) is 0 Å². The molecule has 0 aliphatic heterocycles. The van der Waals surface area contributed by atoms with Crippen molar-refractivity contribution in [3.8, 4) is 5.75 Å². The third-order valence-corrected chi connectivity index (χ3v) is 5.93. The fourth-order valence-electron chi connectivity index (χ4n) is 3.62. The minimum absolute atomic E-state index is 0.697. The Balaban J connectivity index is 1.19.